The molecule has 8 nitrogen and oxygen atoms in total. The zero-order chi connectivity index (χ0) is 23.5. The third-order valence-corrected chi connectivity index (χ3v) is 5.80. The van der Waals surface area contributed by atoms with Crippen molar-refractivity contribution in [2.45, 2.75) is 19.8 Å². The van der Waals surface area contributed by atoms with Crippen LogP contribution < -0.4 is 25.2 Å². The Balaban J connectivity index is 1.50. The van der Waals surface area contributed by atoms with Crippen LogP contribution in [0.1, 0.15) is 16.7 Å². The van der Waals surface area contributed by atoms with E-state index in [1.807, 2.05) is 24.4 Å². The molecule has 0 saturated heterocycles. The number of amides is 1. The molecule has 0 radical (unpaired) electrons. The van der Waals surface area contributed by atoms with Crippen LogP contribution in [0.2, 0.25) is 0 Å². The molecular weight excluding hydrogens is 424 g/mol. The summed E-state index contributed by atoms with van der Waals surface area (Å²) in [6.07, 6.45) is 2.48. The molecule has 4 rings (SSSR count). The fourth-order valence-corrected chi connectivity index (χ4v) is 4.02. The Labute approximate surface area is 190 Å². The van der Waals surface area contributed by atoms with Crippen LogP contribution in [0.5, 0.6) is 17.2 Å². The number of rotatable bonds is 8. The number of fused-ring (bicyclic) bond motifs is 2. The first-order valence-corrected chi connectivity index (χ1v) is 10.5. The molecular formula is C25H26N2O6. The number of benzene rings is 2. The van der Waals surface area contributed by atoms with E-state index >= 15 is 0 Å². The van der Waals surface area contributed by atoms with E-state index in [1.54, 1.807) is 26.2 Å². The predicted octanol–water partition coefficient (Wildman–Crippen LogP) is 3.51. The molecule has 0 saturated carbocycles. The molecule has 1 amide bonds. The van der Waals surface area contributed by atoms with Crippen molar-refractivity contribution in [2.75, 3.05) is 27.9 Å². The molecule has 8 heteroatoms. The number of aryl methyl sites for hydroxylation is 1. The fraction of sp³-hybridized carbons (Fsp3) is 0.280. The summed E-state index contributed by atoms with van der Waals surface area (Å²) in [5.41, 5.74) is 2.85. The van der Waals surface area contributed by atoms with Gasteiger partial charge in [0.2, 0.25) is 5.91 Å². The van der Waals surface area contributed by atoms with Crippen molar-refractivity contribution in [3.8, 4) is 17.2 Å². The van der Waals surface area contributed by atoms with Gasteiger partial charge in [-0.05, 0) is 42.7 Å². The highest BCUT2D eigenvalue weighted by molar-refractivity contribution is 5.90. The van der Waals surface area contributed by atoms with Crippen LogP contribution in [0.15, 0.2) is 45.7 Å². The molecule has 2 heterocycles. The molecule has 0 aliphatic rings. The summed E-state index contributed by atoms with van der Waals surface area (Å²) in [5.74, 6) is 1.55. The van der Waals surface area contributed by atoms with Gasteiger partial charge in [-0.15, -0.1) is 0 Å². The zero-order valence-electron chi connectivity index (χ0n) is 19.0. The van der Waals surface area contributed by atoms with Crippen LogP contribution in [-0.4, -0.2) is 38.8 Å². The average molecular weight is 450 g/mol. The summed E-state index contributed by atoms with van der Waals surface area (Å²) in [4.78, 5) is 28.5. The first kappa shape index (κ1) is 22.3. The SMILES string of the molecule is COc1cc(OC)c2c(C)c(CC(=O)NCCc3c[nH]c4ccc(OC)cc34)c(=O)oc2c1. The molecule has 0 bridgehead atoms. The van der Waals surface area contributed by atoms with Gasteiger partial charge in [-0.25, -0.2) is 4.79 Å². The average Bonchev–Trinajstić information content (AvgIpc) is 3.22. The van der Waals surface area contributed by atoms with Crippen molar-refractivity contribution in [2.24, 2.45) is 0 Å². The van der Waals surface area contributed by atoms with Crippen LogP contribution in [0.4, 0.5) is 0 Å². The maximum Gasteiger partial charge on any atom is 0.340 e. The lowest BCUT2D eigenvalue weighted by Gasteiger charge is -2.12. The van der Waals surface area contributed by atoms with Crippen LogP contribution in [0, 0.1) is 6.92 Å². The van der Waals surface area contributed by atoms with Gasteiger partial charge in [0.25, 0.3) is 0 Å². The van der Waals surface area contributed by atoms with E-state index in [4.69, 9.17) is 18.6 Å². The minimum Gasteiger partial charge on any atom is -0.497 e. The molecule has 0 spiro atoms. The van der Waals surface area contributed by atoms with Gasteiger partial charge in [-0.1, -0.05) is 0 Å². The molecule has 0 aliphatic carbocycles. The fourth-order valence-electron chi connectivity index (χ4n) is 4.02. The third kappa shape index (κ3) is 4.37. The standard InChI is InChI=1S/C25H26N2O6/c1-14-18(25(29)33-22-11-17(31-3)10-21(32-4)24(14)22)12-23(28)26-8-7-15-13-27-20-6-5-16(30-2)9-19(15)20/h5-6,9-11,13,27H,7-8,12H2,1-4H3,(H,26,28). The summed E-state index contributed by atoms with van der Waals surface area (Å²) in [7, 11) is 4.69. The van der Waals surface area contributed by atoms with E-state index in [2.05, 4.69) is 10.3 Å². The largest absolute Gasteiger partial charge is 0.497 e. The van der Waals surface area contributed by atoms with E-state index in [-0.39, 0.29) is 12.3 Å². The van der Waals surface area contributed by atoms with Crippen LogP contribution in [-0.2, 0) is 17.6 Å². The van der Waals surface area contributed by atoms with Gasteiger partial charge in [-0.3, -0.25) is 4.79 Å². The van der Waals surface area contributed by atoms with E-state index in [0.29, 0.717) is 46.6 Å². The van der Waals surface area contributed by atoms with Gasteiger partial charge in [0.1, 0.15) is 22.8 Å². The Morgan fingerprint density at radius 2 is 1.85 bits per heavy atom. The van der Waals surface area contributed by atoms with Gasteiger partial charge in [-0.2, -0.15) is 0 Å². The van der Waals surface area contributed by atoms with Gasteiger partial charge >= 0.3 is 5.63 Å². The molecule has 0 fully saturated rings. The maximum absolute atomic E-state index is 12.6. The molecule has 0 atom stereocenters. The zero-order valence-corrected chi connectivity index (χ0v) is 19.0. The Bertz CT molecular complexity index is 1390. The molecule has 2 aromatic carbocycles. The summed E-state index contributed by atoms with van der Waals surface area (Å²) in [5, 5.41) is 4.60. The Morgan fingerprint density at radius 3 is 2.58 bits per heavy atom. The highest BCUT2D eigenvalue weighted by Gasteiger charge is 2.18. The Kier molecular flexibility index (Phi) is 6.26. The first-order valence-electron chi connectivity index (χ1n) is 10.5. The summed E-state index contributed by atoms with van der Waals surface area (Å²) in [6.45, 7) is 2.22. The normalized spacial score (nSPS) is 11.0. The lowest BCUT2D eigenvalue weighted by Crippen LogP contribution is -2.29. The monoisotopic (exact) mass is 450 g/mol. The van der Waals surface area contributed by atoms with Crippen LogP contribution in [0.25, 0.3) is 21.9 Å². The highest BCUT2D eigenvalue weighted by Crippen LogP contribution is 2.33. The number of aromatic nitrogens is 1. The molecule has 0 aliphatic heterocycles. The number of carbonyl (C=O) groups excluding carboxylic acids is 1. The predicted molar refractivity (Wildman–Crippen MR) is 126 cm³/mol. The van der Waals surface area contributed by atoms with E-state index in [9.17, 15) is 9.59 Å². The molecule has 172 valence electrons. The van der Waals surface area contributed by atoms with Crippen molar-refractivity contribution in [1.82, 2.24) is 10.3 Å². The van der Waals surface area contributed by atoms with Crippen LogP contribution >= 0.6 is 0 Å². The number of H-pyrrole nitrogens is 1. The molecule has 0 unspecified atom stereocenters. The number of aromatic amines is 1. The molecule has 2 N–H and O–H groups in total. The summed E-state index contributed by atoms with van der Waals surface area (Å²) < 4.78 is 21.5. The van der Waals surface area contributed by atoms with Gasteiger partial charge in [0.05, 0.1) is 38.7 Å². The smallest absolute Gasteiger partial charge is 0.340 e. The van der Waals surface area contributed by atoms with Crippen LogP contribution in [0.3, 0.4) is 0 Å². The van der Waals surface area contributed by atoms with Crippen molar-refractivity contribution in [3.63, 3.8) is 0 Å². The van der Waals surface area contributed by atoms with E-state index < -0.39 is 5.63 Å². The second kappa shape index (κ2) is 9.28. The summed E-state index contributed by atoms with van der Waals surface area (Å²) >= 11 is 0. The number of methoxy groups -OCH3 is 3. The number of nitrogens with one attached hydrogen (secondary N) is 2. The summed E-state index contributed by atoms with van der Waals surface area (Å²) in [6, 6.07) is 9.17. The van der Waals surface area contributed by atoms with Gasteiger partial charge < -0.3 is 28.9 Å². The Hall–Kier alpha value is -3.94. The minimum absolute atomic E-state index is 0.0823. The number of ether oxygens (including phenoxy) is 3. The number of carbonyl (C=O) groups is 1. The second-order valence-electron chi connectivity index (χ2n) is 7.70. The topological polar surface area (TPSA) is 103 Å². The molecule has 33 heavy (non-hydrogen) atoms. The lowest BCUT2D eigenvalue weighted by molar-refractivity contribution is -0.120. The van der Waals surface area contributed by atoms with Gasteiger partial charge in [0.15, 0.2) is 0 Å². The third-order valence-electron chi connectivity index (χ3n) is 5.80. The molecule has 2 aromatic heterocycles. The number of hydrogen-bond acceptors (Lipinski definition) is 6. The second-order valence-corrected chi connectivity index (χ2v) is 7.70. The van der Waals surface area contributed by atoms with Gasteiger partial charge in [0, 0.05) is 35.8 Å². The van der Waals surface area contributed by atoms with Crippen molar-refractivity contribution in [1.29, 1.82) is 0 Å². The van der Waals surface area contributed by atoms with Crippen molar-refractivity contribution in [3.05, 3.63) is 63.6 Å². The van der Waals surface area contributed by atoms with E-state index in [0.717, 1.165) is 22.2 Å². The Morgan fingerprint density at radius 1 is 1.06 bits per heavy atom. The quantitative estimate of drug-likeness (QED) is 0.398. The lowest BCUT2D eigenvalue weighted by atomic mass is 10.0. The minimum atomic E-state index is -0.547. The molecule has 4 aromatic rings. The van der Waals surface area contributed by atoms with Crippen molar-refractivity contribution < 1.29 is 23.4 Å². The highest BCUT2D eigenvalue weighted by atomic mass is 16.5. The van der Waals surface area contributed by atoms with Crippen molar-refractivity contribution >= 4 is 27.8 Å². The number of hydrogen-bond donors (Lipinski definition) is 2. The van der Waals surface area contributed by atoms with E-state index in [1.165, 1.54) is 14.2 Å². The maximum atomic E-state index is 12.6. The first-order chi connectivity index (χ1) is 15.9.